The molecule has 22 heavy (non-hydrogen) atoms. The fraction of sp³-hybridized carbons (Fsp3) is 0.600. The van der Waals surface area contributed by atoms with Gasteiger partial charge in [-0.15, -0.1) is 0 Å². The number of nitrogens with one attached hydrogen (secondary N) is 2. The van der Waals surface area contributed by atoms with E-state index in [2.05, 4.69) is 10.6 Å². The number of hydrogen-bond donors (Lipinski definition) is 2. The highest BCUT2D eigenvalue weighted by Gasteiger charge is 2.06. The van der Waals surface area contributed by atoms with E-state index in [0.717, 1.165) is 18.9 Å². The Labute approximate surface area is 131 Å². The molecular formula is C15H25N3O4. The summed E-state index contributed by atoms with van der Waals surface area (Å²) in [6.07, 6.45) is 5.60. The Morgan fingerprint density at radius 1 is 1.05 bits per heavy atom. The highest BCUT2D eigenvalue weighted by molar-refractivity contribution is 5.90. The Morgan fingerprint density at radius 2 is 1.77 bits per heavy atom. The van der Waals surface area contributed by atoms with Crippen LogP contribution in [-0.2, 0) is 19.2 Å². The third-order valence-electron chi connectivity index (χ3n) is 2.91. The topological polar surface area (TPSA) is 95.6 Å². The summed E-state index contributed by atoms with van der Waals surface area (Å²) in [4.78, 5) is 45.7. The van der Waals surface area contributed by atoms with Gasteiger partial charge < -0.3 is 15.5 Å². The summed E-state index contributed by atoms with van der Waals surface area (Å²) in [6, 6.07) is 0. The Kier molecular flexibility index (Phi) is 11.3. The van der Waals surface area contributed by atoms with Gasteiger partial charge in [0.25, 0.3) is 0 Å². The molecule has 0 atom stereocenters. The van der Waals surface area contributed by atoms with E-state index in [-0.39, 0.29) is 24.3 Å². The first-order chi connectivity index (χ1) is 10.5. The lowest BCUT2D eigenvalue weighted by atomic mass is 10.2. The van der Waals surface area contributed by atoms with E-state index in [0.29, 0.717) is 32.2 Å². The van der Waals surface area contributed by atoms with E-state index in [1.54, 1.807) is 7.05 Å². The predicted molar refractivity (Wildman–Crippen MR) is 83.0 cm³/mol. The monoisotopic (exact) mass is 311 g/mol. The van der Waals surface area contributed by atoms with Crippen LogP contribution in [0.25, 0.3) is 0 Å². The molecule has 0 aromatic rings. The van der Waals surface area contributed by atoms with E-state index < -0.39 is 0 Å². The van der Waals surface area contributed by atoms with Crippen LogP contribution >= 0.6 is 0 Å². The van der Waals surface area contributed by atoms with E-state index >= 15 is 0 Å². The summed E-state index contributed by atoms with van der Waals surface area (Å²) in [5, 5.41) is 5.15. The molecule has 7 nitrogen and oxygen atoms in total. The van der Waals surface area contributed by atoms with Crippen molar-refractivity contribution in [3.63, 3.8) is 0 Å². The maximum absolute atomic E-state index is 11.5. The van der Waals surface area contributed by atoms with Gasteiger partial charge in [0.1, 0.15) is 6.29 Å². The molecule has 3 amide bonds. The van der Waals surface area contributed by atoms with Crippen LogP contribution in [0.5, 0.6) is 0 Å². The van der Waals surface area contributed by atoms with Crippen molar-refractivity contribution in [1.29, 1.82) is 0 Å². The second-order valence-corrected chi connectivity index (χ2v) is 4.80. The van der Waals surface area contributed by atoms with E-state index in [1.165, 1.54) is 11.0 Å². The molecule has 0 aromatic heterocycles. The third-order valence-corrected chi connectivity index (χ3v) is 2.91. The molecule has 0 saturated carbocycles. The fourth-order valence-corrected chi connectivity index (χ4v) is 1.70. The number of hydrogen-bond acceptors (Lipinski definition) is 4. The number of rotatable bonds is 11. The summed E-state index contributed by atoms with van der Waals surface area (Å²) >= 11 is 0. The lowest BCUT2D eigenvalue weighted by Gasteiger charge is -2.14. The molecule has 0 saturated heterocycles. The first kappa shape index (κ1) is 19.8. The van der Waals surface area contributed by atoms with Crippen molar-refractivity contribution in [3.05, 3.63) is 12.2 Å². The molecule has 0 aromatic carbocycles. The van der Waals surface area contributed by atoms with Crippen LogP contribution in [0.4, 0.5) is 0 Å². The normalized spacial score (nSPS) is 10.3. The van der Waals surface area contributed by atoms with Crippen LogP contribution in [-0.4, -0.2) is 55.6 Å². The molecule has 0 aliphatic carbocycles. The summed E-state index contributed by atoms with van der Waals surface area (Å²) in [5.41, 5.74) is 0. The van der Waals surface area contributed by atoms with Crippen molar-refractivity contribution in [2.45, 2.75) is 32.6 Å². The Balaban J connectivity index is 3.65. The van der Waals surface area contributed by atoms with Crippen LogP contribution in [0.3, 0.4) is 0 Å². The molecule has 0 aliphatic rings. The Morgan fingerprint density at radius 3 is 2.41 bits per heavy atom. The van der Waals surface area contributed by atoms with Crippen molar-refractivity contribution in [3.8, 4) is 0 Å². The van der Waals surface area contributed by atoms with Crippen LogP contribution < -0.4 is 10.6 Å². The van der Waals surface area contributed by atoms with Gasteiger partial charge in [-0.05, 0) is 25.8 Å². The van der Waals surface area contributed by atoms with Crippen LogP contribution in [0.2, 0.25) is 0 Å². The Hall–Kier alpha value is -2.18. The summed E-state index contributed by atoms with van der Waals surface area (Å²) < 4.78 is 0. The number of carbonyl (C=O) groups is 4. The highest BCUT2D eigenvalue weighted by Crippen LogP contribution is 2.01. The molecule has 0 aliphatic heterocycles. The van der Waals surface area contributed by atoms with Gasteiger partial charge >= 0.3 is 0 Å². The zero-order chi connectivity index (χ0) is 16.8. The molecule has 7 heteroatoms. The zero-order valence-corrected chi connectivity index (χ0v) is 13.3. The standard InChI is InChI=1S/C15H25N3O4/c1-3-16-14(21)12-17-13(20)8-5-4-6-10-18(2)15(22)9-7-11-19/h7,9,11H,3-6,8,10,12H2,1-2H3,(H,16,21)(H,17,20)/b9-7-. The van der Waals surface area contributed by atoms with Gasteiger partial charge in [0.15, 0.2) is 0 Å². The van der Waals surface area contributed by atoms with Crippen molar-refractivity contribution >= 4 is 24.0 Å². The number of nitrogens with zero attached hydrogens (tertiary/aromatic N) is 1. The smallest absolute Gasteiger partial charge is 0.246 e. The molecule has 124 valence electrons. The van der Waals surface area contributed by atoms with E-state index in [9.17, 15) is 19.2 Å². The minimum atomic E-state index is -0.216. The second-order valence-electron chi connectivity index (χ2n) is 4.80. The largest absolute Gasteiger partial charge is 0.355 e. The van der Waals surface area contributed by atoms with Crippen molar-refractivity contribution < 1.29 is 19.2 Å². The maximum Gasteiger partial charge on any atom is 0.246 e. The minimum Gasteiger partial charge on any atom is -0.355 e. The van der Waals surface area contributed by atoms with Gasteiger partial charge in [-0.1, -0.05) is 6.42 Å². The Bertz CT molecular complexity index is 408. The van der Waals surface area contributed by atoms with Crippen molar-refractivity contribution in [1.82, 2.24) is 15.5 Å². The number of aldehydes is 1. The quantitative estimate of drug-likeness (QED) is 0.319. The first-order valence-corrected chi connectivity index (χ1v) is 7.41. The van der Waals surface area contributed by atoms with Gasteiger partial charge in [0.05, 0.1) is 6.54 Å². The highest BCUT2D eigenvalue weighted by atomic mass is 16.2. The molecule has 0 radical (unpaired) electrons. The lowest BCUT2D eigenvalue weighted by Crippen LogP contribution is -2.36. The lowest BCUT2D eigenvalue weighted by molar-refractivity contribution is -0.126. The summed E-state index contributed by atoms with van der Waals surface area (Å²) in [5.74, 6) is -0.559. The van der Waals surface area contributed by atoms with Crippen LogP contribution in [0.1, 0.15) is 32.6 Å². The predicted octanol–water partition coefficient (Wildman–Crippen LogP) is 0.0126. The van der Waals surface area contributed by atoms with Gasteiger partial charge in [-0.2, -0.15) is 0 Å². The summed E-state index contributed by atoms with van der Waals surface area (Å²) in [6.45, 7) is 2.94. The maximum atomic E-state index is 11.5. The van der Waals surface area contributed by atoms with Crippen LogP contribution in [0, 0.1) is 0 Å². The average Bonchev–Trinajstić information content (AvgIpc) is 2.50. The number of unbranched alkanes of at least 4 members (excludes halogenated alkanes) is 2. The molecule has 0 unspecified atom stereocenters. The SMILES string of the molecule is CCNC(=O)CNC(=O)CCCCCN(C)C(=O)/C=C\C=O. The number of likely N-dealkylation sites (N-methyl/N-ethyl adjacent to an activating group) is 2. The van der Waals surface area contributed by atoms with Crippen molar-refractivity contribution in [2.75, 3.05) is 26.7 Å². The van der Waals surface area contributed by atoms with Gasteiger partial charge in [0, 0.05) is 32.6 Å². The van der Waals surface area contributed by atoms with Gasteiger partial charge in [0.2, 0.25) is 17.7 Å². The molecule has 0 spiro atoms. The molecule has 0 heterocycles. The molecule has 0 fully saturated rings. The van der Waals surface area contributed by atoms with Crippen molar-refractivity contribution in [2.24, 2.45) is 0 Å². The second kappa shape index (κ2) is 12.6. The van der Waals surface area contributed by atoms with Crippen LogP contribution in [0.15, 0.2) is 12.2 Å². The fourth-order valence-electron chi connectivity index (χ4n) is 1.70. The summed E-state index contributed by atoms with van der Waals surface area (Å²) in [7, 11) is 1.66. The zero-order valence-electron chi connectivity index (χ0n) is 13.3. The molecule has 0 bridgehead atoms. The first-order valence-electron chi connectivity index (χ1n) is 7.41. The number of allylic oxidation sites excluding steroid dienone is 1. The molecule has 0 rings (SSSR count). The van der Waals surface area contributed by atoms with Gasteiger partial charge in [-0.25, -0.2) is 0 Å². The van der Waals surface area contributed by atoms with Gasteiger partial charge in [-0.3, -0.25) is 19.2 Å². The average molecular weight is 311 g/mol. The number of amides is 3. The third kappa shape index (κ3) is 10.6. The minimum absolute atomic E-state index is 0.00692. The van der Waals surface area contributed by atoms with E-state index in [1.807, 2.05) is 6.92 Å². The molecular weight excluding hydrogens is 286 g/mol. The molecule has 2 N–H and O–H groups in total. The number of carbonyl (C=O) groups excluding carboxylic acids is 4. The van der Waals surface area contributed by atoms with E-state index in [4.69, 9.17) is 0 Å².